The van der Waals surface area contributed by atoms with E-state index in [0.29, 0.717) is 23.5 Å². The van der Waals surface area contributed by atoms with Crippen LogP contribution in [-0.4, -0.2) is 38.3 Å². The molecule has 3 atom stereocenters. The largest absolute Gasteiger partial charge is 0.377 e. The zero-order chi connectivity index (χ0) is 16.1. The summed E-state index contributed by atoms with van der Waals surface area (Å²) in [7, 11) is 1.92. The molecule has 0 aromatic heterocycles. The summed E-state index contributed by atoms with van der Waals surface area (Å²) in [4.78, 5) is 7.03. The Balaban J connectivity index is 1.40. The average Bonchev–Trinajstić information content (AvgIpc) is 3.34. The number of guanidine groups is 1. The molecule has 4 heteroatoms. The van der Waals surface area contributed by atoms with Crippen LogP contribution < -0.4 is 10.2 Å². The van der Waals surface area contributed by atoms with Gasteiger partial charge in [0.05, 0.1) is 6.10 Å². The number of nitrogens with zero attached hydrogens (tertiary/aromatic N) is 2. The normalized spacial score (nSPS) is 33.5. The van der Waals surface area contributed by atoms with Gasteiger partial charge in [-0.05, 0) is 37.3 Å². The van der Waals surface area contributed by atoms with Gasteiger partial charge in [0.1, 0.15) is 0 Å². The lowest BCUT2D eigenvalue weighted by Gasteiger charge is -2.57. The molecule has 1 aromatic carbocycles. The summed E-state index contributed by atoms with van der Waals surface area (Å²) in [5.41, 5.74) is 3.13. The molecule has 4 nitrogen and oxygen atoms in total. The van der Waals surface area contributed by atoms with Gasteiger partial charge in [-0.25, -0.2) is 0 Å². The number of nitrogens with one attached hydrogen (secondary N) is 1. The third-order valence-corrected chi connectivity index (χ3v) is 6.93. The van der Waals surface area contributed by atoms with E-state index in [-0.39, 0.29) is 0 Å². The van der Waals surface area contributed by atoms with Gasteiger partial charge in [-0.15, -0.1) is 0 Å². The maximum absolute atomic E-state index is 6.12. The molecule has 2 heterocycles. The van der Waals surface area contributed by atoms with Gasteiger partial charge in [0.2, 0.25) is 0 Å². The van der Waals surface area contributed by atoms with Crippen LogP contribution in [0, 0.1) is 11.3 Å². The monoisotopic (exact) mass is 325 g/mol. The molecular weight excluding hydrogens is 298 g/mol. The zero-order valence-corrected chi connectivity index (χ0v) is 14.5. The molecule has 2 aliphatic carbocycles. The summed E-state index contributed by atoms with van der Waals surface area (Å²) >= 11 is 0. The van der Waals surface area contributed by atoms with Gasteiger partial charge in [-0.3, -0.25) is 4.99 Å². The predicted molar refractivity (Wildman–Crippen MR) is 96.5 cm³/mol. The third-order valence-electron chi connectivity index (χ3n) is 6.93. The minimum absolute atomic E-state index is 0.371. The number of aliphatic imine (C=N–C) groups is 1. The Morgan fingerprint density at radius 3 is 2.96 bits per heavy atom. The van der Waals surface area contributed by atoms with Crippen molar-refractivity contribution in [2.24, 2.45) is 16.3 Å². The highest BCUT2D eigenvalue weighted by Gasteiger charge is 2.65. The smallest absolute Gasteiger partial charge is 0.198 e. The molecule has 1 saturated heterocycles. The molecule has 3 unspecified atom stereocenters. The lowest BCUT2D eigenvalue weighted by Crippen LogP contribution is -2.69. The molecule has 2 aliphatic heterocycles. The first-order valence-electron chi connectivity index (χ1n) is 9.54. The second-order valence-corrected chi connectivity index (χ2v) is 7.88. The Kier molecular flexibility index (Phi) is 3.37. The van der Waals surface area contributed by atoms with Crippen molar-refractivity contribution in [1.29, 1.82) is 0 Å². The second kappa shape index (κ2) is 5.48. The maximum atomic E-state index is 6.12. The molecule has 0 amide bonds. The zero-order valence-electron chi connectivity index (χ0n) is 14.5. The molecule has 4 aliphatic rings. The maximum Gasteiger partial charge on any atom is 0.198 e. The van der Waals surface area contributed by atoms with Crippen LogP contribution >= 0.6 is 0 Å². The van der Waals surface area contributed by atoms with E-state index in [1.54, 1.807) is 0 Å². The minimum atomic E-state index is 0.371. The Labute approximate surface area is 144 Å². The van der Waals surface area contributed by atoms with Crippen LogP contribution in [0.2, 0.25) is 0 Å². The van der Waals surface area contributed by atoms with Crippen molar-refractivity contribution in [1.82, 2.24) is 5.32 Å². The van der Waals surface area contributed by atoms with Crippen LogP contribution in [0.5, 0.6) is 0 Å². The summed E-state index contributed by atoms with van der Waals surface area (Å²) in [5.74, 6) is 1.74. The van der Waals surface area contributed by atoms with Crippen LogP contribution in [0.4, 0.5) is 5.69 Å². The van der Waals surface area contributed by atoms with Gasteiger partial charge in [-0.1, -0.05) is 31.0 Å². The van der Waals surface area contributed by atoms with E-state index in [9.17, 15) is 0 Å². The number of hydrogen-bond acceptors (Lipinski definition) is 2. The first-order valence-corrected chi connectivity index (χ1v) is 9.54. The topological polar surface area (TPSA) is 36.9 Å². The fourth-order valence-electron chi connectivity index (χ4n) is 5.86. The third kappa shape index (κ3) is 1.92. The minimum Gasteiger partial charge on any atom is -0.377 e. The fourth-order valence-corrected chi connectivity index (χ4v) is 5.86. The van der Waals surface area contributed by atoms with E-state index in [1.165, 1.54) is 43.4 Å². The van der Waals surface area contributed by atoms with Gasteiger partial charge in [0, 0.05) is 43.3 Å². The first kappa shape index (κ1) is 14.8. The Hall–Kier alpha value is -1.55. The average molecular weight is 325 g/mol. The molecule has 1 spiro atoms. The SMILES string of the molecule is CN=C(NC1C2CCOC2C12CCCC2)N1CCc2ccccc21. The molecule has 24 heavy (non-hydrogen) atoms. The molecule has 0 radical (unpaired) electrons. The Bertz CT molecular complexity index is 665. The first-order chi connectivity index (χ1) is 11.8. The molecule has 5 rings (SSSR count). The standard InChI is InChI=1S/C20H27N3O/c1-21-19(23-12-8-14-6-2-3-7-16(14)23)22-17-15-9-13-24-18(15)20(17)10-4-5-11-20/h2-3,6-7,15,17-18H,4-5,8-13H2,1H3,(H,21,22). The van der Waals surface area contributed by atoms with Gasteiger partial charge in [0.25, 0.3) is 0 Å². The predicted octanol–water partition coefficient (Wildman–Crippen LogP) is 2.97. The second-order valence-electron chi connectivity index (χ2n) is 7.88. The summed E-state index contributed by atoms with van der Waals surface area (Å²) in [6.45, 7) is 1.98. The van der Waals surface area contributed by atoms with E-state index < -0.39 is 0 Å². The van der Waals surface area contributed by atoms with Gasteiger partial charge in [0.15, 0.2) is 5.96 Å². The Morgan fingerprint density at radius 2 is 2.12 bits per heavy atom. The van der Waals surface area contributed by atoms with Crippen LogP contribution in [0.25, 0.3) is 0 Å². The van der Waals surface area contributed by atoms with Crippen molar-refractivity contribution in [3.05, 3.63) is 29.8 Å². The van der Waals surface area contributed by atoms with Crippen LogP contribution in [-0.2, 0) is 11.2 Å². The van der Waals surface area contributed by atoms with Crippen LogP contribution in [0.15, 0.2) is 29.3 Å². The number of para-hydroxylation sites is 1. The van der Waals surface area contributed by atoms with Crippen molar-refractivity contribution in [2.45, 2.75) is 50.7 Å². The molecule has 2 saturated carbocycles. The van der Waals surface area contributed by atoms with Crippen LogP contribution in [0.3, 0.4) is 0 Å². The molecular formula is C20H27N3O. The number of benzene rings is 1. The van der Waals surface area contributed by atoms with Gasteiger partial charge >= 0.3 is 0 Å². The van der Waals surface area contributed by atoms with E-state index in [2.05, 4.69) is 39.5 Å². The summed E-state index contributed by atoms with van der Waals surface area (Å²) in [6, 6.07) is 9.28. The summed E-state index contributed by atoms with van der Waals surface area (Å²) in [5, 5.41) is 3.89. The number of rotatable bonds is 1. The molecule has 1 N–H and O–H groups in total. The van der Waals surface area contributed by atoms with Crippen molar-refractivity contribution in [2.75, 3.05) is 25.1 Å². The van der Waals surface area contributed by atoms with Crippen molar-refractivity contribution in [3.63, 3.8) is 0 Å². The number of ether oxygens (including phenoxy) is 1. The number of hydrogen-bond donors (Lipinski definition) is 1. The van der Waals surface area contributed by atoms with Crippen molar-refractivity contribution in [3.8, 4) is 0 Å². The van der Waals surface area contributed by atoms with Crippen molar-refractivity contribution >= 4 is 11.6 Å². The molecule has 128 valence electrons. The number of fused-ring (bicyclic) bond motifs is 3. The summed E-state index contributed by atoms with van der Waals surface area (Å²) in [6.07, 6.45) is 8.17. The van der Waals surface area contributed by atoms with Crippen molar-refractivity contribution < 1.29 is 4.74 Å². The molecule has 1 aromatic rings. The molecule has 0 bridgehead atoms. The highest BCUT2D eigenvalue weighted by Crippen LogP contribution is 2.60. The highest BCUT2D eigenvalue weighted by atomic mass is 16.5. The van der Waals surface area contributed by atoms with Gasteiger partial charge in [-0.2, -0.15) is 0 Å². The van der Waals surface area contributed by atoms with E-state index in [4.69, 9.17) is 4.74 Å². The summed E-state index contributed by atoms with van der Waals surface area (Å²) < 4.78 is 6.12. The van der Waals surface area contributed by atoms with E-state index >= 15 is 0 Å². The highest BCUT2D eigenvalue weighted by molar-refractivity contribution is 5.98. The van der Waals surface area contributed by atoms with Crippen LogP contribution in [0.1, 0.15) is 37.7 Å². The lowest BCUT2D eigenvalue weighted by molar-refractivity contribution is -0.124. The Morgan fingerprint density at radius 1 is 1.29 bits per heavy atom. The molecule has 3 fully saturated rings. The number of anilines is 1. The van der Waals surface area contributed by atoms with E-state index in [1.807, 2.05) is 7.05 Å². The van der Waals surface area contributed by atoms with Gasteiger partial charge < -0.3 is 15.0 Å². The van der Waals surface area contributed by atoms with E-state index in [0.717, 1.165) is 25.5 Å². The quantitative estimate of drug-likeness (QED) is 0.637. The fraction of sp³-hybridized carbons (Fsp3) is 0.650. The lowest BCUT2D eigenvalue weighted by atomic mass is 9.54.